The lowest BCUT2D eigenvalue weighted by molar-refractivity contribution is 0.305. The molecule has 0 fully saturated rings. The van der Waals surface area contributed by atoms with Gasteiger partial charge in [0.25, 0.3) is 0 Å². The molecule has 2 aromatic heterocycles. The van der Waals surface area contributed by atoms with E-state index < -0.39 is 0 Å². The Kier molecular flexibility index (Phi) is 2.49. The van der Waals surface area contributed by atoms with Crippen LogP contribution in [-0.2, 0) is 13.7 Å². The highest BCUT2D eigenvalue weighted by Gasteiger charge is 2.01. The Bertz CT molecular complexity index is 381. The van der Waals surface area contributed by atoms with Crippen molar-refractivity contribution >= 4 is 11.3 Å². The van der Waals surface area contributed by atoms with Crippen molar-refractivity contribution in [3.05, 3.63) is 28.5 Å². The van der Waals surface area contributed by atoms with Gasteiger partial charge in [-0.1, -0.05) is 0 Å². The van der Waals surface area contributed by atoms with Gasteiger partial charge in [-0.2, -0.15) is 5.10 Å². The summed E-state index contributed by atoms with van der Waals surface area (Å²) < 4.78 is 7.20. The molecule has 0 bridgehead atoms. The van der Waals surface area contributed by atoms with Gasteiger partial charge >= 0.3 is 0 Å². The summed E-state index contributed by atoms with van der Waals surface area (Å²) in [5, 5.41) is 7.02. The summed E-state index contributed by atoms with van der Waals surface area (Å²) in [6.45, 7) is 2.49. The van der Waals surface area contributed by atoms with E-state index in [4.69, 9.17) is 4.74 Å². The number of hydrogen-bond donors (Lipinski definition) is 0. The summed E-state index contributed by atoms with van der Waals surface area (Å²) in [4.78, 5) is 4.30. The molecule has 2 aromatic rings. The zero-order chi connectivity index (χ0) is 9.97. The van der Waals surface area contributed by atoms with Crippen molar-refractivity contribution in [3.8, 4) is 5.75 Å². The van der Waals surface area contributed by atoms with E-state index in [0.717, 1.165) is 16.5 Å². The van der Waals surface area contributed by atoms with Crippen LogP contribution in [0.15, 0.2) is 17.8 Å². The maximum absolute atomic E-state index is 5.49. The van der Waals surface area contributed by atoms with Crippen LogP contribution in [0.4, 0.5) is 0 Å². The smallest absolute Gasteiger partial charge is 0.157 e. The lowest BCUT2D eigenvalue weighted by atomic mass is 10.6. The van der Waals surface area contributed by atoms with E-state index in [9.17, 15) is 0 Å². The summed E-state index contributed by atoms with van der Waals surface area (Å²) in [7, 11) is 1.86. The fourth-order valence-electron chi connectivity index (χ4n) is 1.09. The van der Waals surface area contributed by atoms with Gasteiger partial charge in [0.2, 0.25) is 0 Å². The molecule has 0 amide bonds. The Labute approximate surface area is 86.2 Å². The summed E-state index contributed by atoms with van der Waals surface area (Å²) in [6.07, 6.45) is 3.53. The second-order valence-corrected chi connectivity index (χ2v) is 3.96. The van der Waals surface area contributed by atoms with Crippen LogP contribution in [0.5, 0.6) is 5.75 Å². The number of nitrogens with zero attached hydrogens (tertiary/aromatic N) is 3. The number of hydrogen-bond acceptors (Lipinski definition) is 4. The molecule has 0 saturated carbocycles. The van der Waals surface area contributed by atoms with E-state index >= 15 is 0 Å². The third kappa shape index (κ3) is 2.11. The van der Waals surface area contributed by atoms with Gasteiger partial charge < -0.3 is 4.74 Å². The van der Waals surface area contributed by atoms with Gasteiger partial charge in [0.05, 0.1) is 12.4 Å². The molecule has 4 nitrogen and oxygen atoms in total. The van der Waals surface area contributed by atoms with Crippen molar-refractivity contribution in [1.82, 2.24) is 14.8 Å². The number of ether oxygens (including phenoxy) is 1. The molecule has 0 aliphatic heterocycles. The van der Waals surface area contributed by atoms with Crippen LogP contribution in [-0.4, -0.2) is 14.8 Å². The average molecular weight is 209 g/mol. The van der Waals surface area contributed by atoms with Crippen molar-refractivity contribution in [2.24, 2.45) is 7.05 Å². The van der Waals surface area contributed by atoms with E-state index in [1.165, 1.54) is 0 Å². The molecule has 14 heavy (non-hydrogen) atoms. The van der Waals surface area contributed by atoms with Gasteiger partial charge in [0.15, 0.2) is 5.75 Å². The van der Waals surface area contributed by atoms with Gasteiger partial charge in [0, 0.05) is 18.1 Å². The third-order valence-corrected chi connectivity index (χ3v) is 2.65. The molecule has 0 unspecified atom stereocenters. The Morgan fingerprint density at radius 2 is 2.43 bits per heavy atom. The van der Waals surface area contributed by atoms with Gasteiger partial charge in [-0.05, 0) is 6.92 Å². The molecular formula is C9H11N3OS. The number of thiazole rings is 1. The number of aromatic nitrogens is 3. The largest absolute Gasteiger partial charge is 0.483 e. The Morgan fingerprint density at radius 3 is 3.00 bits per heavy atom. The average Bonchev–Trinajstić information content (AvgIpc) is 2.72. The van der Waals surface area contributed by atoms with E-state index in [1.54, 1.807) is 22.2 Å². The molecule has 0 saturated heterocycles. The molecular weight excluding hydrogens is 198 g/mol. The summed E-state index contributed by atoms with van der Waals surface area (Å²) in [5.74, 6) is 0.778. The molecule has 0 N–H and O–H groups in total. The topological polar surface area (TPSA) is 39.9 Å². The van der Waals surface area contributed by atoms with Crippen LogP contribution in [0.1, 0.15) is 10.7 Å². The van der Waals surface area contributed by atoms with Crippen LogP contribution in [0, 0.1) is 6.92 Å². The lowest BCUT2D eigenvalue weighted by Gasteiger charge is -1.98. The van der Waals surface area contributed by atoms with Crippen molar-refractivity contribution in [2.75, 3.05) is 0 Å². The molecule has 0 aliphatic carbocycles. The molecule has 0 aromatic carbocycles. The highest BCUT2D eigenvalue weighted by atomic mass is 32.1. The Hall–Kier alpha value is -1.36. The SMILES string of the molecule is Cc1csc(COc2cnn(C)c2)n1. The van der Waals surface area contributed by atoms with Crippen molar-refractivity contribution < 1.29 is 4.74 Å². The van der Waals surface area contributed by atoms with Crippen LogP contribution in [0.3, 0.4) is 0 Å². The van der Waals surface area contributed by atoms with E-state index in [0.29, 0.717) is 6.61 Å². The van der Waals surface area contributed by atoms with Crippen molar-refractivity contribution in [2.45, 2.75) is 13.5 Å². The minimum absolute atomic E-state index is 0.518. The Morgan fingerprint density at radius 1 is 1.57 bits per heavy atom. The molecule has 5 heteroatoms. The normalized spacial score (nSPS) is 10.4. The predicted octanol–water partition coefficient (Wildman–Crippen LogP) is 1.76. The van der Waals surface area contributed by atoms with Crippen LogP contribution in [0.25, 0.3) is 0 Å². The van der Waals surface area contributed by atoms with E-state index in [-0.39, 0.29) is 0 Å². The summed E-state index contributed by atoms with van der Waals surface area (Å²) >= 11 is 1.61. The predicted molar refractivity (Wildman–Crippen MR) is 54.4 cm³/mol. The van der Waals surface area contributed by atoms with Gasteiger partial charge in [-0.3, -0.25) is 4.68 Å². The number of aryl methyl sites for hydroxylation is 2. The Balaban J connectivity index is 1.94. The van der Waals surface area contributed by atoms with Crippen molar-refractivity contribution in [3.63, 3.8) is 0 Å². The molecule has 2 rings (SSSR count). The van der Waals surface area contributed by atoms with Crippen molar-refractivity contribution in [1.29, 1.82) is 0 Å². The highest BCUT2D eigenvalue weighted by molar-refractivity contribution is 7.09. The fraction of sp³-hybridized carbons (Fsp3) is 0.333. The first-order chi connectivity index (χ1) is 6.74. The monoisotopic (exact) mass is 209 g/mol. The standard InChI is InChI=1S/C9H11N3OS/c1-7-6-14-9(11-7)5-13-8-3-10-12(2)4-8/h3-4,6H,5H2,1-2H3. The third-order valence-electron chi connectivity index (χ3n) is 1.71. The first-order valence-corrected chi connectivity index (χ1v) is 5.14. The summed E-state index contributed by atoms with van der Waals surface area (Å²) in [6, 6.07) is 0. The highest BCUT2D eigenvalue weighted by Crippen LogP contribution is 2.13. The first kappa shape index (κ1) is 9.21. The maximum Gasteiger partial charge on any atom is 0.157 e. The quantitative estimate of drug-likeness (QED) is 0.773. The van der Waals surface area contributed by atoms with Crippen LogP contribution in [0.2, 0.25) is 0 Å². The first-order valence-electron chi connectivity index (χ1n) is 4.26. The second kappa shape index (κ2) is 3.79. The van der Waals surface area contributed by atoms with Gasteiger partial charge in [-0.25, -0.2) is 4.98 Å². The van der Waals surface area contributed by atoms with Gasteiger partial charge in [-0.15, -0.1) is 11.3 Å². The minimum atomic E-state index is 0.518. The van der Waals surface area contributed by atoms with E-state index in [1.807, 2.05) is 25.5 Å². The maximum atomic E-state index is 5.49. The lowest BCUT2D eigenvalue weighted by Crippen LogP contribution is -1.93. The fourth-order valence-corrected chi connectivity index (χ4v) is 1.77. The molecule has 0 aliphatic rings. The zero-order valence-electron chi connectivity index (χ0n) is 8.10. The van der Waals surface area contributed by atoms with Gasteiger partial charge in [0.1, 0.15) is 11.6 Å². The molecule has 74 valence electrons. The van der Waals surface area contributed by atoms with E-state index in [2.05, 4.69) is 10.1 Å². The molecule has 2 heterocycles. The minimum Gasteiger partial charge on any atom is -0.483 e. The summed E-state index contributed by atoms with van der Waals surface area (Å²) in [5.41, 5.74) is 1.04. The van der Waals surface area contributed by atoms with Crippen LogP contribution < -0.4 is 4.74 Å². The molecule has 0 radical (unpaired) electrons. The van der Waals surface area contributed by atoms with Crippen LogP contribution >= 0.6 is 11.3 Å². The second-order valence-electron chi connectivity index (χ2n) is 3.02. The molecule has 0 spiro atoms. The molecule has 0 atom stereocenters. The number of rotatable bonds is 3. The zero-order valence-corrected chi connectivity index (χ0v) is 8.91.